The minimum atomic E-state index is -0.519. The molecule has 7 heteroatoms. The molecule has 0 aliphatic carbocycles. The van der Waals surface area contributed by atoms with Crippen LogP contribution in [-0.2, 0) is 0 Å². The van der Waals surface area contributed by atoms with Crippen LogP contribution < -0.4 is 10.2 Å². The number of nitro groups is 1. The number of hydrogen-bond donors (Lipinski definition) is 1. The van der Waals surface area contributed by atoms with Crippen molar-refractivity contribution in [1.82, 2.24) is 5.43 Å². The summed E-state index contributed by atoms with van der Waals surface area (Å²) in [6.07, 6.45) is 1.55. The molecule has 3 aromatic rings. The van der Waals surface area contributed by atoms with Crippen LogP contribution in [0, 0.1) is 10.1 Å². The van der Waals surface area contributed by atoms with Crippen LogP contribution >= 0.6 is 0 Å². The highest BCUT2D eigenvalue weighted by Gasteiger charge is 2.09. The van der Waals surface area contributed by atoms with Crippen molar-refractivity contribution in [2.45, 2.75) is 0 Å². The Kier molecular flexibility index (Phi) is 4.89. The smallest absolute Gasteiger partial charge is 0.271 e. The van der Waals surface area contributed by atoms with Crippen LogP contribution in [0.5, 0.6) is 5.75 Å². The Labute approximate surface area is 149 Å². The van der Waals surface area contributed by atoms with Crippen LogP contribution in [0.4, 0.5) is 5.69 Å². The summed E-state index contributed by atoms with van der Waals surface area (Å²) in [4.78, 5) is 22.2. The maximum Gasteiger partial charge on any atom is 0.271 e. The largest absolute Gasteiger partial charge is 0.496 e. The fraction of sp³-hybridized carbons (Fsp3) is 0.0526. The first-order valence-corrected chi connectivity index (χ1v) is 7.74. The monoisotopic (exact) mass is 349 g/mol. The molecule has 0 saturated carbocycles. The van der Waals surface area contributed by atoms with E-state index in [1.54, 1.807) is 13.3 Å². The number of carbonyl (C=O) groups excluding carboxylic acids is 1. The molecule has 0 saturated heterocycles. The second-order valence-electron chi connectivity index (χ2n) is 5.41. The zero-order valence-electron chi connectivity index (χ0n) is 13.9. The maximum atomic E-state index is 12.1. The molecule has 0 radical (unpaired) electrons. The Morgan fingerprint density at radius 1 is 1.08 bits per heavy atom. The first-order chi connectivity index (χ1) is 12.6. The third-order valence-electron chi connectivity index (χ3n) is 3.85. The average molecular weight is 349 g/mol. The number of benzene rings is 3. The lowest BCUT2D eigenvalue weighted by molar-refractivity contribution is -0.384. The van der Waals surface area contributed by atoms with E-state index < -0.39 is 10.8 Å². The van der Waals surface area contributed by atoms with E-state index in [0.717, 1.165) is 22.1 Å². The molecule has 0 spiro atoms. The molecule has 7 nitrogen and oxygen atoms in total. The number of nitro benzene ring substituents is 1. The molecule has 0 aromatic heterocycles. The Hall–Kier alpha value is -3.74. The van der Waals surface area contributed by atoms with Gasteiger partial charge < -0.3 is 4.74 Å². The highest BCUT2D eigenvalue weighted by Crippen LogP contribution is 2.27. The number of hydrogen-bond acceptors (Lipinski definition) is 5. The van der Waals surface area contributed by atoms with Crippen LogP contribution in [0.25, 0.3) is 10.8 Å². The molecular weight excluding hydrogens is 334 g/mol. The standard InChI is InChI=1S/C19H15N3O4/c1-26-18-11-8-14(16-4-2-3-5-17(16)18)12-20-21-19(23)13-6-9-15(10-7-13)22(24)25/h2-12H,1H3,(H,21,23)/b20-12-. The molecule has 26 heavy (non-hydrogen) atoms. The van der Waals surface area contributed by atoms with Gasteiger partial charge >= 0.3 is 0 Å². The van der Waals surface area contributed by atoms with Crippen molar-refractivity contribution < 1.29 is 14.5 Å². The van der Waals surface area contributed by atoms with Gasteiger partial charge in [-0.3, -0.25) is 14.9 Å². The number of nitrogens with one attached hydrogen (secondary N) is 1. The minimum Gasteiger partial charge on any atom is -0.496 e. The van der Waals surface area contributed by atoms with Gasteiger partial charge in [-0.2, -0.15) is 5.10 Å². The average Bonchev–Trinajstić information content (AvgIpc) is 2.68. The van der Waals surface area contributed by atoms with E-state index in [4.69, 9.17) is 4.74 Å². The predicted octanol–water partition coefficient (Wildman–Crippen LogP) is 3.52. The summed E-state index contributed by atoms with van der Waals surface area (Å²) in [7, 11) is 1.61. The summed E-state index contributed by atoms with van der Waals surface area (Å²) >= 11 is 0. The zero-order chi connectivity index (χ0) is 18.5. The minimum absolute atomic E-state index is 0.0743. The van der Waals surface area contributed by atoms with Gasteiger partial charge in [0.05, 0.1) is 18.2 Å². The summed E-state index contributed by atoms with van der Waals surface area (Å²) in [6.45, 7) is 0. The molecule has 0 bridgehead atoms. The first-order valence-electron chi connectivity index (χ1n) is 7.74. The van der Waals surface area contributed by atoms with Gasteiger partial charge in [0.2, 0.25) is 0 Å². The Bertz CT molecular complexity index is 997. The van der Waals surface area contributed by atoms with Gasteiger partial charge in [-0.05, 0) is 29.7 Å². The molecule has 3 rings (SSSR count). The lowest BCUT2D eigenvalue weighted by Crippen LogP contribution is -2.17. The summed E-state index contributed by atoms with van der Waals surface area (Å²) in [5.41, 5.74) is 3.45. The highest BCUT2D eigenvalue weighted by atomic mass is 16.6. The number of fused-ring (bicyclic) bond motifs is 1. The van der Waals surface area contributed by atoms with E-state index in [9.17, 15) is 14.9 Å². The Balaban J connectivity index is 1.77. The Morgan fingerprint density at radius 3 is 2.42 bits per heavy atom. The molecular formula is C19H15N3O4. The van der Waals surface area contributed by atoms with Crippen molar-refractivity contribution in [2.24, 2.45) is 5.10 Å². The van der Waals surface area contributed by atoms with Crippen molar-refractivity contribution in [2.75, 3.05) is 7.11 Å². The second kappa shape index (κ2) is 7.43. The SMILES string of the molecule is COc1ccc(/C=N\NC(=O)c2ccc([N+](=O)[O-])cc2)c2ccccc12. The fourth-order valence-corrected chi connectivity index (χ4v) is 2.54. The van der Waals surface area contributed by atoms with Crippen LogP contribution in [0.1, 0.15) is 15.9 Å². The van der Waals surface area contributed by atoms with Crippen molar-refractivity contribution in [1.29, 1.82) is 0 Å². The molecule has 0 aliphatic heterocycles. The first kappa shape index (κ1) is 17.1. The number of rotatable bonds is 5. The van der Waals surface area contributed by atoms with Gasteiger partial charge in [0.15, 0.2) is 0 Å². The predicted molar refractivity (Wildman–Crippen MR) is 98.7 cm³/mol. The summed E-state index contributed by atoms with van der Waals surface area (Å²) in [5.74, 6) is 0.307. The molecule has 1 amide bonds. The lowest BCUT2D eigenvalue weighted by Gasteiger charge is -2.07. The van der Waals surface area contributed by atoms with Crippen LogP contribution in [0.15, 0.2) is 65.8 Å². The summed E-state index contributed by atoms with van der Waals surface area (Å²) in [5, 5.41) is 16.5. The van der Waals surface area contributed by atoms with Crippen molar-refractivity contribution >= 4 is 28.6 Å². The highest BCUT2D eigenvalue weighted by molar-refractivity contribution is 6.03. The molecule has 0 heterocycles. The van der Waals surface area contributed by atoms with Gasteiger partial charge in [-0.1, -0.05) is 24.3 Å². The van der Waals surface area contributed by atoms with Gasteiger partial charge in [0.25, 0.3) is 11.6 Å². The van der Waals surface area contributed by atoms with Crippen LogP contribution in [0.3, 0.4) is 0 Å². The number of amides is 1. The van der Waals surface area contributed by atoms with Crippen LogP contribution in [0.2, 0.25) is 0 Å². The summed E-state index contributed by atoms with van der Waals surface area (Å²) in [6, 6.07) is 16.7. The third-order valence-corrected chi connectivity index (χ3v) is 3.85. The van der Waals surface area contributed by atoms with E-state index in [-0.39, 0.29) is 11.3 Å². The second-order valence-corrected chi connectivity index (χ2v) is 5.41. The van der Waals surface area contributed by atoms with Crippen LogP contribution in [-0.4, -0.2) is 24.2 Å². The number of nitrogens with zero attached hydrogens (tertiary/aromatic N) is 2. The number of non-ortho nitro benzene ring substituents is 1. The van der Waals surface area contributed by atoms with Gasteiger partial charge in [0.1, 0.15) is 5.75 Å². The number of hydrazone groups is 1. The maximum absolute atomic E-state index is 12.1. The molecule has 130 valence electrons. The lowest BCUT2D eigenvalue weighted by atomic mass is 10.0. The molecule has 0 unspecified atom stereocenters. The molecule has 0 aliphatic rings. The zero-order valence-corrected chi connectivity index (χ0v) is 13.9. The number of ether oxygens (including phenoxy) is 1. The molecule has 0 fully saturated rings. The topological polar surface area (TPSA) is 93.8 Å². The van der Waals surface area contributed by atoms with E-state index in [1.165, 1.54) is 24.3 Å². The van der Waals surface area contributed by atoms with Crippen molar-refractivity contribution in [3.05, 3.63) is 81.9 Å². The van der Waals surface area contributed by atoms with Gasteiger partial charge in [0, 0.05) is 28.6 Å². The molecule has 1 N–H and O–H groups in total. The Morgan fingerprint density at radius 2 is 1.77 bits per heavy atom. The van der Waals surface area contributed by atoms with Crippen molar-refractivity contribution in [3.63, 3.8) is 0 Å². The quantitative estimate of drug-likeness (QED) is 0.433. The number of methoxy groups -OCH3 is 1. The van der Waals surface area contributed by atoms with Crippen molar-refractivity contribution in [3.8, 4) is 5.75 Å². The third kappa shape index (κ3) is 3.51. The molecule has 3 aromatic carbocycles. The fourth-order valence-electron chi connectivity index (χ4n) is 2.54. The van der Waals surface area contributed by atoms with Gasteiger partial charge in [-0.15, -0.1) is 0 Å². The normalized spacial score (nSPS) is 10.8. The molecule has 0 atom stereocenters. The van der Waals surface area contributed by atoms with E-state index in [2.05, 4.69) is 10.5 Å². The van der Waals surface area contributed by atoms with Gasteiger partial charge in [-0.25, -0.2) is 5.43 Å². The van der Waals surface area contributed by atoms with E-state index in [0.29, 0.717) is 0 Å². The number of carbonyl (C=O) groups is 1. The van der Waals surface area contributed by atoms with E-state index >= 15 is 0 Å². The van der Waals surface area contributed by atoms with E-state index in [1.807, 2.05) is 36.4 Å². The summed E-state index contributed by atoms with van der Waals surface area (Å²) < 4.78 is 5.35.